The van der Waals surface area contributed by atoms with E-state index >= 15 is 0 Å². The molecule has 1 atom stereocenters. The molecule has 0 amide bonds. The van der Waals surface area contributed by atoms with Crippen molar-refractivity contribution in [3.8, 4) is 6.07 Å². The van der Waals surface area contributed by atoms with Crippen LogP contribution in [0.1, 0.15) is 5.56 Å². The molecular formula is C8H4ClIN3P. The molecule has 0 bridgehead atoms. The molecule has 14 heavy (non-hydrogen) atoms. The third-order valence-corrected chi connectivity index (χ3v) is 3.26. The summed E-state index contributed by atoms with van der Waals surface area (Å²) in [5.74, 6) is 0. The first-order valence-electron chi connectivity index (χ1n) is 3.65. The van der Waals surface area contributed by atoms with Crippen LogP contribution in [0.5, 0.6) is 0 Å². The Morgan fingerprint density at radius 1 is 1.64 bits per heavy atom. The van der Waals surface area contributed by atoms with Crippen LogP contribution in [0.4, 0.5) is 0 Å². The molecule has 1 unspecified atom stereocenters. The van der Waals surface area contributed by atoms with Crippen molar-refractivity contribution in [3.05, 3.63) is 26.5 Å². The first kappa shape index (κ1) is 10.2. The van der Waals surface area contributed by atoms with Crippen LogP contribution in [0, 0.1) is 14.9 Å². The van der Waals surface area contributed by atoms with Gasteiger partial charge in [-0.3, -0.25) is 0 Å². The maximum Gasteiger partial charge on any atom is 0.146 e. The topological polar surface area (TPSA) is 41.6 Å². The van der Waals surface area contributed by atoms with Crippen molar-refractivity contribution in [2.45, 2.75) is 0 Å². The van der Waals surface area contributed by atoms with E-state index in [4.69, 9.17) is 16.9 Å². The minimum Gasteiger partial charge on any atom is -0.316 e. The van der Waals surface area contributed by atoms with Crippen molar-refractivity contribution < 1.29 is 0 Å². The monoisotopic (exact) mass is 335 g/mol. The molecule has 0 radical (unpaired) electrons. The number of pyridine rings is 1. The molecule has 2 rings (SSSR count). The van der Waals surface area contributed by atoms with E-state index in [0.29, 0.717) is 16.4 Å². The lowest BCUT2D eigenvalue weighted by Gasteiger charge is -1.97. The van der Waals surface area contributed by atoms with Gasteiger partial charge in [0.05, 0.1) is 10.9 Å². The predicted octanol–water partition coefficient (Wildman–Crippen LogP) is 2.80. The number of hydrogen-bond acceptors (Lipinski definition) is 2. The van der Waals surface area contributed by atoms with E-state index < -0.39 is 0 Å². The number of nitrogens with zero attached hydrogens (tertiary/aromatic N) is 3. The molecule has 0 aromatic carbocycles. The fraction of sp³-hybridized carbons (Fsp3) is 0. The van der Waals surface area contributed by atoms with E-state index in [0.717, 1.165) is 8.96 Å². The van der Waals surface area contributed by atoms with E-state index in [1.807, 2.05) is 0 Å². The summed E-state index contributed by atoms with van der Waals surface area (Å²) in [6, 6.07) is 3.88. The lowest BCUT2D eigenvalue weighted by Crippen LogP contribution is -1.85. The summed E-state index contributed by atoms with van der Waals surface area (Å²) in [7, 11) is 2.48. The van der Waals surface area contributed by atoms with Gasteiger partial charge in [-0.05, 0) is 38.0 Å². The summed E-state index contributed by atoms with van der Waals surface area (Å²) >= 11 is 7.97. The number of hydrogen-bond donors (Lipinski definition) is 0. The molecule has 0 N–H and O–H groups in total. The highest BCUT2D eigenvalue weighted by molar-refractivity contribution is 14.1. The molecule has 70 valence electrons. The Bertz CT molecular complexity index is 558. The summed E-state index contributed by atoms with van der Waals surface area (Å²) in [4.78, 5) is 4.16. The SMILES string of the molecule is N#Cc1cn(P)c2nc(Cl)cc(I)c12. The molecule has 2 aromatic heterocycles. The smallest absolute Gasteiger partial charge is 0.146 e. The molecule has 0 fully saturated rings. The number of rotatable bonds is 0. The van der Waals surface area contributed by atoms with Gasteiger partial charge in [-0.25, -0.2) is 4.98 Å². The minimum atomic E-state index is 0.438. The van der Waals surface area contributed by atoms with Crippen LogP contribution in [0.2, 0.25) is 5.15 Å². The van der Waals surface area contributed by atoms with Crippen LogP contribution in [0.25, 0.3) is 11.0 Å². The molecule has 0 aliphatic carbocycles. The van der Waals surface area contributed by atoms with Gasteiger partial charge in [-0.2, -0.15) is 5.26 Å². The van der Waals surface area contributed by atoms with Crippen molar-refractivity contribution in [2.24, 2.45) is 0 Å². The van der Waals surface area contributed by atoms with Gasteiger partial charge in [-0.15, -0.1) is 0 Å². The molecule has 0 aliphatic rings. The summed E-state index contributed by atoms with van der Waals surface area (Å²) in [5.41, 5.74) is 1.33. The highest BCUT2D eigenvalue weighted by Gasteiger charge is 2.11. The fourth-order valence-corrected chi connectivity index (χ4v) is 2.79. The van der Waals surface area contributed by atoms with Crippen LogP contribution in [0.15, 0.2) is 12.3 Å². The second-order valence-corrected chi connectivity index (χ2v) is 4.79. The number of fused-ring (bicyclic) bond motifs is 1. The van der Waals surface area contributed by atoms with Gasteiger partial charge in [0.25, 0.3) is 0 Å². The van der Waals surface area contributed by atoms with E-state index in [9.17, 15) is 0 Å². The molecule has 0 saturated carbocycles. The maximum atomic E-state index is 8.91. The van der Waals surface area contributed by atoms with Gasteiger partial charge in [0.1, 0.15) is 16.9 Å². The highest BCUT2D eigenvalue weighted by Crippen LogP contribution is 2.28. The first-order chi connectivity index (χ1) is 6.63. The van der Waals surface area contributed by atoms with E-state index in [2.05, 4.69) is 43.0 Å². The summed E-state index contributed by atoms with van der Waals surface area (Å²) < 4.78 is 2.66. The zero-order chi connectivity index (χ0) is 10.3. The Labute approximate surface area is 101 Å². The zero-order valence-electron chi connectivity index (χ0n) is 6.83. The average molecular weight is 335 g/mol. The maximum absolute atomic E-state index is 8.91. The molecule has 2 aromatic rings. The van der Waals surface area contributed by atoms with Crippen LogP contribution < -0.4 is 0 Å². The molecule has 3 nitrogen and oxygen atoms in total. The van der Waals surface area contributed by atoms with Crippen LogP contribution in [-0.4, -0.2) is 9.32 Å². The van der Waals surface area contributed by atoms with Crippen molar-refractivity contribution in [1.82, 2.24) is 9.32 Å². The van der Waals surface area contributed by atoms with Crippen molar-refractivity contribution in [3.63, 3.8) is 0 Å². The molecule has 2 heterocycles. The Kier molecular flexibility index (Phi) is 2.65. The summed E-state index contributed by atoms with van der Waals surface area (Å²) in [5, 5.41) is 10.2. The Hall–Kier alpha value is -0.370. The van der Waals surface area contributed by atoms with E-state index in [-0.39, 0.29) is 0 Å². The lowest BCUT2D eigenvalue weighted by atomic mass is 10.2. The second kappa shape index (κ2) is 3.65. The molecule has 0 spiro atoms. The normalized spacial score (nSPS) is 10.4. The van der Waals surface area contributed by atoms with Crippen molar-refractivity contribution in [1.29, 1.82) is 5.26 Å². The van der Waals surface area contributed by atoms with Crippen LogP contribution >= 0.6 is 43.6 Å². The predicted molar refractivity (Wildman–Crippen MR) is 67.3 cm³/mol. The Morgan fingerprint density at radius 2 is 2.36 bits per heavy atom. The van der Waals surface area contributed by atoms with Gasteiger partial charge < -0.3 is 4.34 Å². The van der Waals surface area contributed by atoms with Gasteiger partial charge in [0.15, 0.2) is 0 Å². The average Bonchev–Trinajstić information content (AvgIpc) is 2.43. The van der Waals surface area contributed by atoms with Gasteiger partial charge in [0.2, 0.25) is 0 Å². The molecule has 0 saturated heterocycles. The lowest BCUT2D eigenvalue weighted by molar-refractivity contribution is 1.26. The Morgan fingerprint density at radius 3 is 3.00 bits per heavy atom. The van der Waals surface area contributed by atoms with Crippen molar-refractivity contribution >= 4 is 54.6 Å². The molecular weight excluding hydrogens is 331 g/mol. The van der Waals surface area contributed by atoms with E-state index in [1.165, 1.54) is 0 Å². The standard InChI is InChI=1S/C8H4ClIN3P/c9-6-1-5(10)7-4(2-11)3-13(14)8(7)12-6/h1,3H,14H2. The van der Waals surface area contributed by atoms with E-state index in [1.54, 1.807) is 16.6 Å². The minimum absolute atomic E-state index is 0.438. The second-order valence-electron chi connectivity index (χ2n) is 2.69. The molecule has 0 aliphatic heterocycles. The first-order valence-corrected chi connectivity index (χ1v) is 5.63. The number of aromatic nitrogens is 2. The van der Waals surface area contributed by atoms with Crippen LogP contribution in [-0.2, 0) is 0 Å². The molecule has 6 heteroatoms. The fourth-order valence-electron chi connectivity index (χ4n) is 1.26. The largest absolute Gasteiger partial charge is 0.316 e. The Balaban J connectivity index is 2.98. The highest BCUT2D eigenvalue weighted by atomic mass is 127. The van der Waals surface area contributed by atoms with Gasteiger partial charge in [0, 0.05) is 9.77 Å². The summed E-state index contributed by atoms with van der Waals surface area (Å²) in [6.07, 6.45) is 1.72. The third kappa shape index (κ3) is 1.50. The summed E-state index contributed by atoms with van der Waals surface area (Å²) in [6.45, 7) is 0. The number of halogens is 2. The van der Waals surface area contributed by atoms with Crippen molar-refractivity contribution in [2.75, 3.05) is 0 Å². The zero-order valence-corrected chi connectivity index (χ0v) is 10.9. The number of nitriles is 1. The van der Waals surface area contributed by atoms with Crippen LogP contribution in [0.3, 0.4) is 0 Å². The van der Waals surface area contributed by atoms with Gasteiger partial charge >= 0.3 is 0 Å². The van der Waals surface area contributed by atoms with Gasteiger partial charge in [-0.1, -0.05) is 11.6 Å². The third-order valence-electron chi connectivity index (χ3n) is 1.82. The quantitative estimate of drug-likeness (QED) is 0.422.